The summed E-state index contributed by atoms with van der Waals surface area (Å²) in [6.45, 7) is 1.11. The summed E-state index contributed by atoms with van der Waals surface area (Å²) in [5, 5.41) is 8.79. The third-order valence-electron chi connectivity index (χ3n) is 3.88. The number of carbonyl (C=O) groups is 1. The Labute approximate surface area is 154 Å². The van der Waals surface area contributed by atoms with Crippen molar-refractivity contribution in [2.24, 2.45) is 0 Å². The van der Waals surface area contributed by atoms with Crippen molar-refractivity contribution < 1.29 is 22.5 Å². The molecule has 2 aromatic heterocycles. The highest BCUT2D eigenvalue weighted by Gasteiger charge is 2.31. The fourth-order valence-electron chi connectivity index (χ4n) is 2.59. The standard InChI is InChI=1S/C16H12F3N5O2S/c17-16(18,19)10-3-1-2-9(6-10)13-22-12(26-23-13)7-11-8-27-15(21-11)24-5-4-20-14(24)25/h1-3,6,8H,4-5,7H2,(H,20,25). The second-order valence-corrected chi connectivity index (χ2v) is 6.61. The van der Waals surface area contributed by atoms with E-state index in [0.717, 1.165) is 12.1 Å². The topological polar surface area (TPSA) is 84.2 Å². The van der Waals surface area contributed by atoms with Crippen molar-refractivity contribution in [3.8, 4) is 11.4 Å². The first kappa shape index (κ1) is 17.5. The first-order valence-corrected chi connectivity index (χ1v) is 8.78. The highest BCUT2D eigenvalue weighted by atomic mass is 32.1. The van der Waals surface area contributed by atoms with E-state index in [2.05, 4.69) is 20.4 Å². The molecule has 1 N–H and O–H groups in total. The Hall–Kier alpha value is -2.95. The van der Waals surface area contributed by atoms with Gasteiger partial charge in [-0.25, -0.2) is 9.78 Å². The van der Waals surface area contributed by atoms with Crippen molar-refractivity contribution in [1.29, 1.82) is 0 Å². The molecular weight excluding hydrogens is 383 g/mol. The summed E-state index contributed by atoms with van der Waals surface area (Å²) >= 11 is 1.32. The molecule has 0 radical (unpaired) electrons. The number of anilines is 1. The third kappa shape index (κ3) is 3.63. The minimum absolute atomic E-state index is 0.0745. The van der Waals surface area contributed by atoms with E-state index in [9.17, 15) is 18.0 Å². The van der Waals surface area contributed by atoms with Gasteiger partial charge in [0.1, 0.15) is 0 Å². The predicted molar refractivity (Wildman–Crippen MR) is 90.4 cm³/mol. The van der Waals surface area contributed by atoms with Crippen LogP contribution in [0.15, 0.2) is 34.2 Å². The molecule has 27 heavy (non-hydrogen) atoms. The number of nitrogens with zero attached hydrogens (tertiary/aromatic N) is 4. The molecule has 0 unspecified atom stereocenters. The molecule has 1 fully saturated rings. The van der Waals surface area contributed by atoms with Crippen molar-refractivity contribution in [2.75, 3.05) is 18.0 Å². The quantitative estimate of drug-likeness (QED) is 0.733. The van der Waals surface area contributed by atoms with Crippen LogP contribution < -0.4 is 10.2 Å². The van der Waals surface area contributed by atoms with E-state index in [0.29, 0.717) is 23.9 Å². The number of alkyl halides is 3. The van der Waals surface area contributed by atoms with Gasteiger partial charge in [0.2, 0.25) is 11.7 Å². The van der Waals surface area contributed by atoms with Gasteiger partial charge in [-0.15, -0.1) is 11.3 Å². The van der Waals surface area contributed by atoms with Crippen LogP contribution in [0.4, 0.5) is 23.1 Å². The number of hydrogen-bond donors (Lipinski definition) is 1. The van der Waals surface area contributed by atoms with Crippen molar-refractivity contribution in [3.63, 3.8) is 0 Å². The number of benzene rings is 1. The fraction of sp³-hybridized carbons (Fsp3) is 0.250. The molecule has 1 saturated heterocycles. The molecule has 1 aliphatic rings. The zero-order valence-corrected chi connectivity index (χ0v) is 14.5. The number of halogens is 3. The number of carbonyl (C=O) groups excluding carboxylic acids is 1. The maximum atomic E-state index is 12.8. The summed E-state index contributed by atoms with van der Waals surface area (Å²) in [6.07, 6.45) is -4.22. The summed E-state index contributed by atoms with van der Waals surface area (Å²) in [5.41, 5.74) is 0.0702. The first-order chi connectivity index (χ1) is 12.9. The van der Waals surface area contributed by atoms with E-state index in [-0.39, 0.29) is 29.7 Å². The van der Waals surface area contributed by atoms with E-state index in [1.807, 2.05) is 0 Å². The number of amides is 2. The molecule has 2 amide bonds. The zero-order chi connectivity index (χ0) is 19.0. The molecule has 3 aromatic rings. The first-order valence-electron chi connectivity index (χ1n) is 7.90. The van der Waals surface area contributed by atoms with Gasteiger partial charge in [-0.2, -0.15) is 18.2 Å². The Kier molecular flexibility index (Phi) is 4.30. The molecule has 11 heteroatoms. The van der Waals surface area contributed by atoms with Gasteiger partial charge in [-0.1, -0.05) is 17.3 Å². The lowest BCUT2D eigenvalue weighted by molar-refractivity contribution is -0.137. The lowest BCUT2D eigenvalue weighted by Gasteiger charge is -2.08. The lowest BCUT2D eigenvalue weighted by atomic mass is 10.1. The van der Waals surface area contributed by atoms with Gasteiger partial charge in [-0.05, 0) is 12.1 Å². The van der Waals surface area contributed by atoms with Crippen LogP contribution in [0.25, 0.3) is 11.4 Å². The summed E-state index contributed by atoms with van der Waals surface area (Å²) in [7, 11) is 0. The van der Waals surface area contributed by atoms with Crippen LogP contribution in [-0.2, 0) is 12.6 Å². The number of thiazole rings is 1. The van der Waals surface area contributed by atoms with Crippen LogP contribution in [-0.4, -0.2) is 34.2 Å². The van der Waals surface area contributed by atoms with Crippen LogP contribution in [0.1, 0.15) is 17.1 Å². The van der Waals surface area contributed by atoms with Crippen LogP contribution in [0, 0.1) is 0 Å². The number of hydrogen-bond acceptors (Lipinski definition) is 6. The maximum absolute atomic E-state index is 12.8. The van der Waals surface area contributed by atoms with Crippen LogP contribution in [0.3, 0.4) is 0 Å². The van der Waals surface area contributed by atoms with E-state index >= 15 is 0 Å². The van der Waals surface area contributed by atoms with Gasteiger partial charge >= 0.3 is 12.2 Å². The second-order valence-electron chi connectivity index (χ2n) is 5.77. The summed E-state index contributed by atoms with van der Waals surface area (Å²) in [6, 6.07) is 4.54. The van der Waals surface area contributed by atoms with Gasteiger partial charge in [0.05, 0.1) is 17.7 Å². The SMILES string of the molecule is O=C1NCCN1c1nc(Cc2nc(-c3cccc(C(F)(F)F)c3)no2)cs1. The van der Waals surface area contributed by atoms with Crippen molar-refractivity contribution >= 4 is 22.5 Å². The van der Waals surface area contributed by atoms with Gasteiger partial charge in [-0.3, -0.25) is 4.90 Å². The average Bonchev–Trinajstić information content (AvgIpc) is 3.36. The van der Waals surface area contributed by atoms with Crippen LogP contribution >= 0.6 is 11.3 Å². The predicted octanol–water partition coefficient (Wildman–Crippen LogP) is 3.33. The lowest BCUT2D eigenvalue weighted by Crippen LogP contribution is -2.27. The molecule has 7 nitrogen and oxygen atoms in total. The second kappa shape index (κ2) is 6.65. The Morgan fingerprint density at radius 1 is 1.30 bits per heavy atom. The molecule has 1 aliphatic heterocycles. The number of rotatable bonds is 4. The van der Waals surface area contributed by atoms with Crippen molar-refractivity contribution in [3.05, 3.63) is 46.8 Å². The van der Waals surface area contributed by atoms with Crippen LogP contribution in [0.5, 0.6) is 0 Å². The molecular formula is C16H12F3N5O2S. The largest absolute Gasteiger partial charge is 0.416 e. The van der Waals surface area contributed by atoms with Crippen LogP contribution in [0.2, 0.25) is 0 Å². The summed E-state index contributed by atoms with van der Waals surface area (Å²) in [4.78, 5) is 21.7. The molecule has 0 saturated carbocycles. The Bertz CT molecular complexity index is 984. The monoisotopic (exact) mass is 395 g/mol. The normalized spacial score (nSPS) is 14.6. The van der Waals surface area contributed by atoms with Gasteiger partial charge in [0.25, 0.3) is 0 Å². The molecule has 140 valence electrons. The Balaban J connectivity index is 1.51. The molecule has 3 heterocycles. The molecule has 0 spiro atoms. The zero-order valence-electron chi connectivity index (χ0n) is 13.7. The molecule has 1 aromatic carbocycles. The summed E-state index contributed by atoms with van der Waals surface area (Å²) < 4.78 is 43.6. The van der Waals surface area contributed by atoms with E-state index in [4.69, 9.17) is 4.52 Å². The maximum Gasteiger partial charge on any atom is 0.416 e. The highest BCUT2D eigenvalue weighted by molar-refractivity contribution is 7.14. The van der Waals surface area contributed by atoms with E-state index < -0.39 is 11.7 Å². The van der Waals surface area contributed by atoms with Crippen molar-refractivity contribution in [2.45, 2.75) is 12.6 Å². The number of urea groups is 1. The van der Waals surface area contributed by atoms with Crippen molar-refractivity contribution in [1.82, 2.24) is 20.4 Å². The minimum atomic E-state index is -4.44. The average molecular weight is 395 g/mol. The molecule has 4 rings (SSSR count). The molecule has 0 bridgehead atoms. The van der Waals surface area contributed by atoms with Gasteiger partial charge in [0.15, 0.2) is 5.13 Å². The van der Waals surface area contributed by atoms with E-state index in [1.165, 1.54) is 28.4 Å². The summed E-state index contributed by atoms with van der Waals surface area (Å²) in [5.74, 6) is 0.301. The highest BCUT2D eigenvalue weighted by Crippen LogP contribution is 2.31. The Morgan fingerprint density at radius 3 is 2.89 bits per heavy atom. The van der Waals surface area contributed by atoms with Gasteiger partial charge < -0.3 is 9.84 Å². The van der Waals surface area contributed by atoms with Gasteiger partial charge in [0, 0.05) is 24.0 Å². The number of aromatic nitrogens is 3. The fourth-order valence-corrected chi connectivity index (χ4v) is 3.44. The smallest absolute Gasteiger partial charge is 0.339 e. The Morgan fingerprint density at radius 2 is 2.15 bits per heavy atom. The third-order valence-corrected chi connectivity index (χ3v) is 4.79. The molecule has 0 atom stereocenters. The minimum Gasteiger partial charge on any atom is -0.339 e. The van der Waals surface area contributed by atoms with E-state index in [1.54, 1.807) is 5.38 Å². The molecule has 0 aliphatic carbocycles. The number of nitrogens with one attached hydrogen (secondary N) is 1.